The van der Waals surface area contributed by atoms with Crippen LogP contribution < -0.4 is 4.57 Å². The topological polar surface area (TPSA) is 26.3 Å². The van der Waals surface area contributed by atoms with Crippen LogP contribution in [-0.4, -0.2) is 4.57 Å². The van der Waals surface area contributed by atoms with Gasteiger partial charge in [-0.1, -0.05) is 48.5 Å². The summed E-state index contributed by atoms with van der Waals surface area (Å²) in [4.78, 5) is 3.64. The minimum Gasteiger partial charge on any atom is -0.466 e. The molecule has 5 aromatic rings. The molecule has 2 aromatic heterocycles. The first-order valence-corrected chi connectivity index (χ1v) is 9.14. The third kappa shape index (κ3) is 2.27. The van der Waals surface area contributed by atoms with E-state index in [2.05, 4.69) is 51.4 Å². The number of fused-ring (bicyclic) bond motifs is 3. The van der Waals surface area contributed by atoms with Gasteiger partial charge in [0.15, 0.2) is 0 Å². The molecule has 134 valence electrons. The SMILES string of the molecule is [C-]#[N+]c1cccc2c1oc1c(-c3n(-c4ccccc4)cc[n+]3C)c(C)ccc12. The fourth-order valence-corrected chi connectivity index (χ4v) is 3.88. The van der Waals surface area contributed by atoms with Gasteiger partial charge in [0.05, 0.1) is 13.6 Å². The molecule has 0 aliphatic carbocycles. The second-order valence-corrected chi connectivity index (χ2v) is 6.94. The van der Waals surface area contributed by atoms with Gasteiger partial charge in [-0.15, -0.1) is 0 Å². The molecule has 0 fully saturated rings. The van der Waals surface area contributed by atoms with Crippen LogP contribution in [0.5, 0.6) is 0 Å². The van der Waals surface area contributed by atoms with Crippen molar-refractivity contribution in [3.8, 4) is 17.1 Å². The summed E-state index contributed by atoms with van der Waals surface area (Å²) in [6.45, 7) is 9.57. The minimum atomic E-state index is 0.542. The zero-order valence-electron chi connectivity index (χ0n) is 15.7. The maximum Gasteiger partial charge on any atom is 0.297 e. The Labute approximate surface area is 162 Å². The van der Waals surface area contributed by atoms with Gasteiger partial charge < -0.3 is 4.42 Å². The molecule has 0 aliphatic rings. The van der Waals surface area contributed by atoms with Gasteiger partial charge in [0.25, 0.3) is 5.82 Å². The Morgan fingerprint density at radius 2 is 1.71 bits per heavy atom. The highest BCUT2D eigenvalue weighted by Crippen LogP contribution is 2.40. The van der Waals surface area contributed by atoms with Crippen molar-refractivity contribution in [3.63, 3.8) is 0 Å². The van der Waals surface area contributed by atoms with Crippen molar-refractivity contribution in [1.29, 1.82) is 0 Å². The number of para-hydroxylation sites is 2. The summed E-state index contributed by atoms with van der Waals surface area (Å²) in [6.07, 6.45) is 4.12. The molecule has 4 heteroatoms. The Kier molecular flexibility index (Phi) is 3.56. The summed E-state index contributed by atoms with van der Waals surface area (Å²) >= 11 is 0. The molecule has 0 saturated carbocycles. The molecule has 3 aromatic carbocycles. The summed E-state index contributed by atoms with van der Waals surface area (Å²) < 4.78 is 10.6. The van der Waals surface area contributed by atoms with Gasteiger partial charge in [0.2, 0.25) is 5.69 Å². The highest BCUT2D eigenvalue weighted by atomic mass is 16.3. The van der Waals surface area contributed by atoms with Crippen molar-refractivity contribution in [1.82, 2.24) is 4.57 Å². The number of benzene rings is 3. The van der Waals surface area contributed by atoms with Gasteiger partial charge >= 0.3 is 0 Å². The van der Waals surface area contributed by atoms with Crippen LogP contribution in [0.4, 0.5) is 5.69 Å². The van der Waals surface area contributed by atoms with E-state index in [0.29, 0.717) is 11.3 Å². The first kappa shape index (κ1) is 16.3. The van der Waals surface area contributed by atoms with Crippen molar-refractivity contribution in [2.75, 3.05) is 0 Å². The van der Waals surface area contributed by atoms with Crippen molar-refractivity contribution >= 4 is 27.6 Å². The maximum absolute atomic E-state index is 7.47. The standard InChI is InChI=1S/C24H18N3O/c1-16-12-13-19-18-10-7-11-20(25-2)22(18)28-23(19)21(16)24-26(3)14-15-27(24)17-8-5-4-6-9-17/h4-15H,1,3H3/q+1. The zero-order valence-corrected chi connectivity index (χ0v) is 15.7. The van der Waals surface area contributed by atoms with E-state index in [1.165, 1.54) is 0 Å². The number of furan rings is 1. The lowest BCUT2D eigenvalue weighted by atomic mass is 10.0. The minimum absolute atomic E-state index is 0.542. The molecule has 0 atom stereocenters. The Balaban J connectivity index is 1.90. The fraction of sp³-hybridized carbons (Fsp3) is 0.0833. The largest absolute Gasteiger partial charge is 0.466 e. The van der Waals surface area contributed by atoms with Crippen LogP contribution in [0.25, 0.3) is 43.9 Å². The average Bonchev–Trinajstić information content (AvgIpc) is 3.29. The monoisotopic (exact) mass is 364 g/mol. The van der Waals surface area contributed by atoms with Crippen molar-refractivity contribution < 1.29 is 8.98 Å². The molecule has 28 heavy (non-hydrogen) atoms. The molecule has 0 N–H and O–H groups in total. The molecule has 0 spiro atoms. The van der Waals surface area contributed by atoms with E-state index in [4.69, 9.17) is 11.0 Å². The molecule has 0 unspecified atom stereocenters. The molecular weight excluding hydrogens is 346 g/mol. The number of imidazole rings is 1. The van der Waals surface area contributed by atoms with Crippen LogP contribution in [0.3, 0.4) is 0 Å². The Hall–Kier alpha value is -3.84. The molecule has 4 nitrogen and oxygen atoms in total. The highest BCUT2D eigenvalue weighted by molar-refractivity contribution is 6.12. The molecular formula is C24H18N3O+. The first-order chi connectivity index (χ1) is 13.7. The predicted molar refractivity (Wildman–Crippen MR) is 111 cm³/mol. The average molecular weight is 364 g/mol. The van der Waals surface area contributed by atoms with Gasteiger partial charge in [0, 0.05) is 10.8 Å². The number of aryl methyl sites for hydroxylation is 2. The van der Waals surface area contributed by atoms with Gasteiger partial charge in [-0.3, -0.25) is 0 Å². The van der Waals surface area contributed by atoms with E-state index < -0.39 is 0 Å². The van der Waals surface area contributed by atoms with Crippen LogP contribution in [0.15, 0.2) is 77.5 Å². The van der Waals surface area contributed by atoms with Crippen LogP contribution in [-0.2, 0) is 7.05 Å². The zero-order chi connectivity index (χ0) is 19.3. The van der Waals surface area contributed by atoms with Crippen molar-refractivity contribution in [3.05, 3.63) is 90.0 Å². The van der Waals surface area contributed by atoms with Gasteiger partial charge in [-0.2, -0.15) is 4.57 Å². The molecule has 0 aliphatic heterocycles. The molecule has 0 amide bonds. The normalized spacial score (nSPS) is 11.2. The molecule has 0 radical (unpaired) electrons. The summed E-state index contributed by atoms with van der Waals surface area (Å²) in [5, 5.41) is 2.01. The summed E-state index contributed by atoms with van der Waals surface area (Å²) in [6, 6.07) is 20.2. The van der Waals surface area contributed by atoms with Crippen LogP contribution >= 0.6 is 0 Å². The molecule has 2 heterocycles. The van der Waals surface area contributed by atoms with E-state index in [-0.39, 0.29) is 0 Å². The van der Waals surface area contributed by atoms with E-state index in [1.54, 1.807) is 6.07 Å². The Morgan fingerprint density at radius 1 is 0.929 bits per heavy atom. The Bertz CT molecular complexity index is 1380. The summed E-state index contributed by atoms with van der Waals surface area (Å²) in [5.41, 5.74) is 5.27. The third-order valence-corrected chi connectivity index (χ3v) is 5.23. The second kappa shape index (κ2) is 6.11. The maximum atomic E-state index is 7.47. The van der Waals surface area contributed by atoms with Crippen LogP contribution in [0.2, 0.25) is 0 Å². The number of aromatic nitrogens is 2. The van der Waals surface area contributed by atoms with Gasteiger partial charge in [-0.25, -0.2) is 9.41 Å². The van der Waals surface area contributed by atoms with Crippen molar-refractivity contribution in [2.45, 2.75) is 6.92 Å². The van der Waals surface area contributed by atoms with E-state index >= 15 is 0 Å². The van der Waals surface area contributed by atoms with Crippen LogP contribution in [0.1, 0.15) is 5.56 Å². The molecule has 0 bridgehead atoms. The smallest absolute Gasteiger partial charge is 0.297 e. The molecule has 5 rings (SSSR count). The van der Waals surface area contributed by atoms with E-state index in [9.17, 15) is 0 Å². The highest BCUT2D eigenvalue weighted by Gasteiger charge is 2.26. The molecule has 0 saturated heterocycles. The van der Waals surface area contributed by atoms with Gasteiger partial charge in [0.1, 0.15) is 34.8 Å². The number of nitrogens with zero attached hydrogens (tertiary/aromatic N) is 3. The lowest BCUT2D eigenvalue weighted by molar-refractivity contribution is -0.659. The summed E-state index contributed by atoms with van der Waals surface area (Å²) in [5.74, 6) is 1.04. The van der Waals surface area contributed by atoms with Crippen molar-refractivity contribution in [2.24, 2.45) is 7.05 Å². The summed E-state index contributed by atoms with van der Waals surface area (Å²) in [7, 11) is 2.04. The second-order valence-electron chi connectivity index (χ2n) is 6.94. The predicted octanol–water partition coefficient (Wildman–Crippen LogP) is 5.73. The quantitative estimate of drug-likeness (QED) is 0.290. The van der Waals surface area contributed by atoms with Gasteiger partial charge in [-0.05, 0) is 24.6 Å². The van der Waals surface area contributed by atoms with Crippen LogP contribution in [0, 0.1) is 13.5 Å². The fourth-order valence-electron chi connectivity index (χ4n) is 3.88. The van der Waals surface area contributed by atoms with E-state index in [0.717, 1.165) is 39.0 Å². The number of rotatable bonds is 2. The number of hydrogen-bond donors (Lipinski definition) is 0. The van der Waals surface area contributed by atoms with E-state index in [1.807, 2.05) is 43.6 Å². The first-order valence-electron chi connectivity index (χ1n) is 9.14. The lowest BCUT2D eigenvalue weighted by Gasteiger charge is -2.07. The third-order valence-electron chi connectivity index (χ3n) is 5.23. The lowest BCUT2D eigenvalue weighted by Crippen LogP contribution is -2.29. The number of hydrogen-bond acceptors (Lipinski definition) is 1. The Morgan fingerprint density at radius 3 is 2.50 bits per heavy atom.